The first-order valence-electron chi connectivity index (χ1n) is 11.6. The Kier molecular flexibility index (Phi) is 6.91. The zero-order chi connectivity index (χ0) is 24.0. The number of aromatic nitrogens is 3. The van der Waals surface area contributed by atoms with E-state index in [4.69, 9.17) is 4.98 Å². The molecule has 0 aliphatic carbocycles. The van der Waals surface area contributed by atoms with Crippen LogP contribution in [-0.2, 0) is 12.3 Å². The van der Waals surface area contributed by atoms with Crippen molar-refractivity contribution in [3.63, 3.8) is 0 Å². The lowest BCUT2D eigenvalue weighted by atomic mass is 10.1. The van der Waals surface area contributed by atoms with Crippen LogP contribution in [0.5, 0.6) is 0 Å². The number of hydrogen-bond donors (Lipinski definition) is 1. The van der Waals surface area contributed by atoms with E-state index in [2.05, 4.69) is 39.1 Å². The van der Waals surface area contributed by atoms with E-state index in [9.17, 15) is 4.79 Å². The number of carbonyl (C=O) groups is 1. The minimum absolute atomic E-state index is 0.0593. The molecule has 0 spiro atoms. The van der Waals surface area contributed by atoms with E-state index in [1.54, 1.807) is 18.0 Å². The van der Waals surface area contributed by atoms with Crippen LogP contribution in [0, 0.1) is 0 Å². The number of pyridine rings is 1. The fourth-order valence-electron chi connectivity index (χ4n) is 3.96. The summed E-state index contributed by atoms with van der Waals surface area (Å²) in [6.07, 6.45) is 1.80. The largest absolute Gasteiger partial charge is 0.346 e. The molecule has 174 valence electrons. The molecule has 3 aromatic carbocycles. The van der Waals surface area contributed by atoms with Crippen molar-refractivity contribution in [2.45, 2.75) is 30.4 Å². The van der Waals surface area contributed by atoms with Crippen molar-refractivity contribution in [1.82, 2.24) is 19.9 Å². The van der Waals surface area contributed by atoms with Gasteiger partial charge in [-0.2, -0.15) is 0 Å². The van der Waals surface area contributed by atoms with Gasteiger partial charge in [-0.25, -0.2) is 9.97 Å². The number of imidazole rings is 1. The molecule has 0 saturated carbocycles. The molecule has 5 nitrogen and oxygen atoms in total. The minimum Gasteiger partial charge on any atom is -0.346 e. The van der Waals surface area contributed by atoms with Gasteiger partial charge in [0, 0.05) is 17.5 Å². The zero-order valence-electron chi connectivity index (χ0n) is 19.5. The predicted octanol–water partition coefficient (Wildman–Crippen LogP) is 6.26. The molecule has 0 saturated heterocycles. The minimum atomic E-state index is -0.0817. The molecule has 0 aliphatic rings. The maximum Gasteiger partial charge on any atom is 0.251 e. The first-order chi connectivity index (χ1) is 17.2. The maximum atomic E-state index is 12.8. The van der Waals surface area contributed by atoms with Gasteiger partial charge < -0.3 is 5.32 Å². The molecular formula is C29H26N4OS. The standard InChI is InChI=1S/C29H26N4OS/c1-21(24-11-6-3-7-12-24)31-28(34)25-16-14-22(15-17-25)19-33-27-26(13-8-18-30-27)32-29(33)35-20-23-9-4-2-5-10-23/h2-18,21H,19-20H2,1H3,(H,31,34)/t21-/m1/s1. The van der Waals surface area contributed by atoms with Gasteiger partial charge in [0.1, 0.15) is 5.52 Å². The third-order valence-electron chi connectivity index (χ3n) is 5.88. The number of benzene rings is 3. The van der Waals surface area contributed by atoms with E-state index in [0.29, 0.717) is 12.1 Å². The normalized spacial score (nSPS) is 11.9. The Morgan fingerprint density at radius 1 is 0.886 bits per heavy atom. The summed E-state index contributed by atoms with van der Waals surface area (Å²) < 4.78 is 2.15. The lowest BCUT2D eigenvalue weighted by Gasteiger charge is -2.14. The van der Waals surface area contributed by atoms with Crippen molar-refractivity contribution in [3.8, 4) is 0 Å². The maximum absolute atomic E-state index is 12.8. The second-order valence-electron chi connectivity index (χ2n) is 8.40. The van der Waals surface area contributed by atoms with Crippen molar-refractivity contribution in [2.75, 3.05) is 0 Å². The third-order valence-corrected chi connectivity index (χ3v) is 6.93. The molecule has 6 heteroatoms. The predicted molar refractivity (Wildman–Crippen MR) is 141 cm³/mol. The summed E-state index contributed by atoms with van der Waals surface area (Å²) in [5.74, 6) is 0.754. The highest BCUT2D eigenvalue weighted by Gasteiger charge is 2.14. The van der Waals surface area contributed by atoms with Crippen LogP contribution in [0.2, 0.25) is 0 Å². The number of nitrogens with one attached hydrogen (secondary N) is 1. The zero-order valence-corrected chi connectivity index (χ0v) is 20.3. The number of nitrogens with zero attached hydrogens (tertiary/aromatic N) is 3. The molecule has 0 unspecified atom stereocenters. The smallest absolute Gasteiger partial charge is 0.251 e. The molecule has 5 rings (SSSR count). The van der Waals surface area contributed by atoms with E-state index < -0.39 is 0 Å². The van der Waals surface area contributed by atoms with Crippen molar-refractivity contribution in [2.24, 2.45) is 0 Å². The average Bonchev–Trinajstić information content (AvgIpc) is 3.26. The van der Waals surface area contributed by atoms with Crippen molar-refractivity contribution < 1.29 is 4.79 Å². The summed E-state index contributed by atoms with van der Waals surface area (Å²) in [7, 11) is 0. The molecule has 2 aromatic heterocycles. The van der Waals surface area contributed by atoms with E-state index in [-0.39, 0.29) is 11.9 Å². The summed E-state index contributed by atoms with van der Waals surface area (Å²) in [5.41, 5.74) is 5.81. The Morgan fingerprint density at radius 3 is 2.34 bits per heavy atom. The quantitative estimate of drug-likeness (QED) is 0.267. The second kappa shape index (κ2) is 10.6. The van der Waals surface area contributed by atoms with Gasteiger partial charge in [0.25, 0.3) is 5.91 Å². The fourth-order valence-corrected chi connectivity index (χ4v) is 4.92. The van der Waals surface area contributed by atoms with Crippen LogP contribution in [0.15, 0.2) is 108 Å². The first kappa shape index (κ1) is 22.9. The fraction of sp³-hybridized carbons (Fsp3) is 0.138. The molecule has 35 heavy (non-hydrogen) atoms. The number of hydrogen-bond acceptors (Lipinski definition) is 4. The monoisotopic (exact) mass is 478 g/mol. The van der Waals surface area contributed by atoms with E-state index in [0.717, 1.165) is 33.2 Å². The lowest BCUT2D eigenvalue weighted by molar-refractivity contribution is 0.0940. The topological polar surface area (TPSA) is 59.8 Å². The number of rotatable bonds is 8. The van der Waals surface area contributed by atoms with Crippen LogP contribution in [0.25, 0.3) is 11.2 Å². The number of carbonyl (C=O) groups excluding carboxylic acids is 1. The van der Waals surface area contributed by atoms with E-state index in [1.165, 1.54) is 5.56 Å². The van der Waals surface area contributed by atoms with Crippen LogP contribution in [0.3, 0.4) is 0 Å². The molecule has 1 amide bonds. The summed E-state index contributed by atoms with van der Waals surface area (Å²) >= 11 is 1.71. The van der Waals surface area contributed by atoms with Gasteiger partial charge in [-0.15, -0.1) is 0 Å². The summed E-state index contributed by atoms with van der Waals surface area (Å²) in [5, 5.41) is 4.01. The highest BCUT2D eigenvalue weighted by molar-refractivity contribution is 7.98. The van der Waals surface area contributed by atoms with Crippen LogP contribution in [0.4, 0.5) is 0 Å². The number of thioether (sulfide) groups is 1. The van der Waals surface area contributed by atoms with Crippen LogP contribution >= 0.6 is 11.8 Å². The van der Waals surface area contributed by atoms with Crippen LogP contribution in [0.1, 0.15) is 40.0 Å². The molecule has 5 aromatic rings. The average molecular weight is 479 g/mol. The number of amides is 1. The number of fused-ring (bicyclic) bond motifs is 1. The summed E-state index contributed by atoms with van der Waals surface area (Å²) in [6, 6.07) is 32.0. The van der Waals surface area contributed by atoms with Gasteiger partial charge in [0.15, 0.2) is 10.8 Å². The van der Waals surface area contributed by atoms with Crippen molar-refractivity contribution in [1.29, 1.82) is 0 Å². The summed E-state index contributed by atoms with van der Waals surface area (Å²) in [6.45, 7) is 2.63. The Labute approximate surface area is 209 Å². The molecule has 0 radical (unpaired) electrons. The Bertz CT molecular complexity index is 1420. The Balaban J connectivity index is 1.32. The van der Waals surface area contributed by atoms with Crippen LogP contribution in [-0.4, -0.2) is 20.4 Å². The SMILES string of the molecule is C[C@@H](NC(=O)c1ccc(Cn2c(SCc3ccccc3)nc3cccnc32)cc1)c1ccccc1. The lowest BCUT2D eigenvalue weighted by Crippen LogP contribution is -2.26. The Morgan fingerprint density at radius 2 is 1.60 bits per heavy atom. The van der Waals surface area contributed by atoms with Gasteiger partial charge in [-0.05, 0) is 47.9 Å². The van der Waals surface area contributed by atoms with Crippen molar-refractivity contribution in [3.05, 3.63) is 126 Å². The van der Waals surface area contributed by atoms with Gasteiger partial charge in [0.05, 0.1) is 12.6 Å². The molecule has 1 N–H and O–H groups in total. The Hall–Kier alpha value is -3.90. The van der Waals surface area contributed by atoms with Gasteiger partial charge >= 0.3 is 0 Å². The third kappa shape index (κ3) is 5.44. The molecule has 2 heterocycles. The van der Waals surface area contributed by atoms with E-state index in [1.807, 2.05) is 79.7 Å². The second-order valence-corrected chi connectivity index (χ2v) is 9.35. The molecule has 0 bridgehead atoms. The first-order valence-corrected chi connectivity index (χ1v) is 12.6. The molecule has 1 atom stereocenters. The molecular weight excluding hydrogens is 452 g/mol. The molecule has 0 aliphatic heterocycles. The van der Waals surface area contributed by atoms with Crippen LogP contribution < -0.4 is 5.32 Å². The highest BCUT2D eigenvalue weighted by Crippen LogP contribution is 2.27. The van der Waals surface area contributed by atoms with Gasteiger partial charge in [-0.1, -0.05) is 84.6 Å². The van der Waals surface area contributed by atoms with E-state index >= 15 is 0 Å². The highest BCUT2D eigenvalue weighted by atomic mass is 32.2. The van der Waals surface area contributed by atoms with Gasteiger partial charge in [0.2, 0.25) is 0 Å². The molecule has 0 fully saturated rings. The van der Waals surface area contributed by atoms with Gasteiger partial charge in [-0.3, -0.25) is 9.36 Å². The van der Waals surface area contributed by atoms with Crippen molar-refractivity contribution >= 4 is 28.8 Å². The summed E-state index contributed by atoms with van der Waals surface area (Å²) in [4.78, 5) is 22.2.